The monoisotopic (exact) mass is 246 g/mol. The van der Waals surface area contributed by atoms with E-state index in [9.17, 15) is 0 Å². The molecule has 98 valence electrons. The van der Waals surface area contributed by atoms with Gasteiger partial charge in [-0.05, 0) is 38.3 Å². The van der Waals surface area contributed by atoms with E-state index in [0.717, 1.165) is 31.0 Å². The van der Waals surface area contributed by atoms with Crippen LogP contribution >= 0.6 is 0 Å². The second-order valence-electron chi connectivity index (χ2n) is 5.49. The van der Waals surface area contributed by atoms with Crippen LogP contribution in [0.3, 0.4) is 0 Å². The fraction of sp³-hybridized carbons (Fsp3) is 0.714. The Kier molecular flexibility index (Phi) is 3.57. The molecule has 3 rings (SSSR count). The van der Waals surface area contributed by atoms with Crippen molar-refractivity contribution in [3.63, 3.8) is 0 Å². The molecule has 1 N–H and O–H groups in total. The van der Waals surface area contributed by atoms with Crippen LogP contribution in [0.1, 0.15) is 38.4 Å². The van der Waals surface area contributed by atoms with E-state index in [4.69, 9.17) is 0 Å². The molecule has 18 heavy (non-hydrogen) atoms. The number of fused-ring (bicyclic) bond motifs is 2. The highest BCUT2D eigenvalue weighted by Gasteiger charge is 2.35. The predicted octanol–water partition coefficient (Wildman–Crippen LogP) is 1.58. The summed E-state index contributed by atoms with van der Waals surface area (Å²) in [5.74, 6) is 0.949. The van der Waals surface area contributed by atoms with E-state index in [-0.39, 0.29) is 0 Å². The summed E-state index contributed by atoms with van der Waals surface area (Å²) in [7, 11) is 0. The maximum atomic E-state index is 4.35. The molecule has 3 heterocycles. The van der Waals surface area contributed by atoms with E-state index in [2.05, 4.69) is 27.1 Å². The Morgan fingerprint density at radius 2 is 1.89 bits per heavy atom. The number of rotatable bonds is 4. The molecule has 2 aliphatic heterocycles. The average molecular weight is 246 g/mol. The minimum atomic E-state index is 0.706. The summed E-state index contributed by atoms with van der Waals surface area (Å²) >= 11 is 0. The number of nitrogens with zero attached hydrogens (tertiary/aromatic N) is 3. The third-order valence-corrected chi connectivity index (χ3v) is 4.33. The molecule has 4 heteroatoms. The second-order valence-corrected chi connectivity index (χ2v) is 5.49. The van der Waals surface area contributed by atoms with Crippen molar-refractivity contribution in [3.05, 3.63) is 24.3 Å². The molecular weight excluding hydrogens is 224 g/mol. The molecule has 0 saturated carbocycles. The van der Waals surface area contributed by atoms with Gasteiger partial charge in [0.1, 0.15) is 5.82 Å². The standard InChI is InChI=1S/C14H22N4/c1-2-18(10-14-15-6-3-7-16-14)13-8-11-4-5-12(9-13)17-11/h3,6-7,11-13,17H,2,4-5,8-10H2,1H3. The van der Waals surface area contributed by atoms with Gasteiger partial charge in [0.25, 0.3) is 0 Å². The Morgan fingerprint density at radius 3 is 2.50 bits per heavy atom. The van der Waals surface area contributed by atoms with Crippen molar-refractivity contribution < 1.29 is 0 Å². The summed E-state index contributed by atoms with van der Waals surface area (Å²) in [4.78, 5) is 11.2. The van der Waals surface area contributed by atoms with Crippen molar-refractivity contribution in [3.8, 4) is 0 Å². The molecule has 0 aliphatic carbocycles. The lowest BCUT2D eigenvalue weighted by Crippen LogP contribution is -2.48. The lowest BCUT2D eigenvalue weighted by molar-refractivity contribution is 0.137. The van der Waals surface area contributed by atoms with Crippen molar-refractivity contribution in [2.45, 2.75) is 57.3 Å². The maximum absolute atomic E-state index is 4.35. The third kappa shape index (κ3) is 2.54. The minimum absolute atomic E-state index is 0.706. The highest BCUT2D eigenvalue weighted by Crippen LogP contribution is 2.30. The number of hydrogen-bond acceptors (Lipinski definition) is 4. The number of aromatic nitrogens is 2. The van der Waals surface area contributed by atoms with Crippen LogP contribution in [0, 0.1) is 0 Å². The van der Waals surface area contributed by atoms with Crippen LogP contribution in [0.4, 0.5) is 0 Å². The van der Waals surface area contributed by atoms with Gasteiger partial charge in [0.15, 0.2) is 0 Å². The first-order valence-electron chi connectivity index (χ1n) is 7.11. The Morgan fingerprint density at radius 1 is 1.22 bits per heavy atom. The second kappa shape index (κ2) is 5.33. The maximum Gasteiger partial charge on any atom is 0.142 e. The van der Waals surface area contributed by atoms with Gasteiger partial charge in [0, 0.05) is 30.5 Å². The molecule has 2 unspecified atom stereocenters. The van der Waals surface area contributed by atoms with Crippen LogP contribution in [-0.4, -0.2) is 39.5 Å². The molecule has 0 radical (unpaired) electrons. The van der Waals surface area contributed by atoms with Gasteiger partial charge in [-0.1, -0.05) is 6.92 Å². The molecule has 0 spiro atoms. The number of nitrogens with one attached hydrogen (secondary N) is 1. The van der Waals surface area contributed by atoms with Gasteiger partial charge in [0.05, 0.1) is 6.54 Å². The summed E-state index contributed by atoms with van der Waals surface area (Å²) < 4.78 is 0. The SMILES string of the molecule is CCN(Cc1ncccn1)C1CC2CCC(C1)N2. The predicted molar refractivity (Wildman–Crippen MR) is 71.1 cm³/mol. The highest BCUT2D eigenvalue weighted by molar-refractivity contribution is 4.97. The van der Waals surface area contributed by atoms with Gasteiger partial charge in [-0.25, -0.2) is 9.97 Å². The summed E-state index contributed by atoms with van der Waals surface area (Å²) in [5, 5.41) is 3.71. The van der Waals surface area contributed by atoms with Gasteiger partial charge in [0.2, 0.25) is 0 Å². The van der Waals surface area contributed by atoms with E-state index in [0.29, 0.717) is 6.04 Å². The fourth-order valence-corrected chi connectivity index (χ4v) is 3.42. The van der Waals surface area contributed by atoms with Crippen LogP contribution in [-0.2, 0) is 6.54 Å². The molecule has 1 aromatic heterocycles. The molecule has 0 aromatic carbocycles. The van der Waals surface area contributed by atoms with Gasteiger partial charge in [-0.2, -0.15) is 0 Å². The Labute approximate surface area is 109 Å². The minimum Gasteiger partial charge on any atom is -0.311 e. The van der Waals surface area contributed by atoms with Crippen molar-refractivity contribution in [2.75, 3.05) is 6.54 Å². The van der Waals surface area contributed by atoms with E-state index in [1.165, 1.54) is 25.7 Å². The molecule has 0 amide bonds. The molecule has 2 bridgehead atoms. The summed E-state index contributed by atoms with van der Waals surface area (Å²) in [6, 6.07) is 4.08. The van der Waals surface area contributed by atoms with Crippen LogP contribution in [0.25, 0.3) is 0 Å². The van der Waals surface area contributed by atoms with Crippen molar-refractivity contribution in [1.29, 1.82) is 0 Å². The van der Waals surface area contributed by atoms with Crippen LogP contribution in [0.5, 0.6) is 0 Å². The smallest absolute Gasteiger partial charge is 0.142 e. The number of piperidine rings is 1. The van der Waals surface area contributed by atoms with E-state index >= 15 is 0 Å². The van der Waals surface area contributed by atoms with Crippen LogP contribution in [0.2, 0.25) is 0 Å². The number of hydrogen-bond donors (Lipinski definition) is 1. The summed E-state index contributed by atoms with van der Waals surface area (Å²) in [6.07, 6.45) is 8.97. The first-order valence-corrected chi connectivity index (χ1v) is 7.11. The topological polar surface area (TPSA) is 41.1 Å². The molecule has 2 aliphatic rings. The lowest BCUT2D eigenvalue weighted by atomic mass is 9.98. The Balaban J connectivity index is 1.65. The molecule has 2 atom stereocenters. The van der Waals surface area contributed by atoms with Gasteiger partial charge in [-0.3, -0.25) is 4.90 Å². The quantitative estimate of drug-likeness (QED) is 0.876. The van der Waals surface area contributed by atoms with Crippen molar-refractivity contribution >= 4 is 0 Å². The molecule has 2 saturated heterocycles. The molecular formula is C14H22N4. The van der Waals surface area contributed by atoms with Crippen molar-refractivity contribution in [1.82, 2.24) is 20.2 Å². The van der Waals surface area contributed by atoms with E-state index in [1.807, 2.05) is 18.5 Å². The molecule has 1 aromatic rings. The zero-order valence-electron chi connectivity index (χ0n) is 11.0. The zero-order valence-corrected chi connectivity index (χ0v) is 11.0. The fourth-order valence-electron chi connectivity index (χ4n) is 3.42. The van der Waals surface area contributed by atoms with Gasteiger partial charge >= 0.3 is 0 Å². The van der Waals surface area contributed by atoms with Gasteiger partial charge < -0.3 is 5.32 Å². The Hall–Kier alpha value is -1.00. The zero-order chi connectivity index (χ0) is 12.4. The largest absolute Gasteiger partial charge is 0.311 e. The first-order chi connectivity index (χ1) is 8.85. The normalized spacial score (nSPS) is 30.9. The lowest BCUT2D eigenvalue weighted by Gasteiger charge is -2.36. The van der Waals surface area contributed by atoms with Crippen molar-refractivity contribution in [2.24, 2.45) is 0 Å². The summed E-state index contributed by atoms with van der Waals surface area (Å²) in [5.41, 5.74) is 0. The van der Waals surface area contributed by atoms with Crippen LogP contribution in [0.15, 0.2) is 18.5 Å². The molecule has 4 nitrogen and oxygen atoms in total. The Bertz CT molecular complexity index is 369. The summed E-state index contributed by atoms with van der Waals surface area (Å²) in [6.45, 7) is 4.22. The molecule has 2 fully saturated rings. The first kappa shape index (κ1) is 12.1. The van der Waals surface area contributed by atoms with E-state index < -0.39 is 0 Å². The average Bonchev–Trinajstić information content (AvgIpc) is 2.76. The third-order valence-electron chi connectivity index (χ3n) is 4.33. The van der Waals surface area contributed by atoms with E-state index in [1.54, 1.807) is 0 Å². The van der Waals surface area contributed by atoms with Crippen LogP contribution < -0.4 is 5.32 Å². The van der Waals surface area contributed by atoms with Gasteiger partial charge in [-0.15, -0.1) is 0 Å². The highest BCUT2D eigenvalue weighted by atomic mass is 15.2.